The van der Waals surface area contributed by atoms with Crippen LogP contribution in [-0.2, 0) is 0 Å². The maximum atomic E-state index is 2.62. The average Bonchev–Trinajstić information content (AvgIpc) is 2.11. The van der Waals surface area contributed by atoms with Crippen molar-refractivity contribution in [1.82, 2.24) is 9.80 Å². The SMILES string of the molecule is CCCN1CC(C)N(C)C(C)C1C. The second kappa shape index (κ2) is 4.43. The third kappa shape index (κ3) is 2.23. The molecule has 0 amide bonds. The van der Waals surface area contributed by atoms with Crippen LogP contribution in [0, 0.1) is 0 Å². The Morgan fingerprint density at radius 3 is 2.31 bits per heavy atom. The number of nitrogens with zero attached hydrogens (tertiary/aromatic N) is 2. The maximum Gasteiger partial charge on any atom is 0.0221 e. The Labute approximate surface area is 82.9 Å². The number of piperazine rings is 1. The highest BCUT2D eigenvalue weighted by molar-refractivity contribution is 4.88. The molecule has 1 heterocycles. The van der Waals surface area contributed by atoms with Gasteiger partial charge in [0.25, 0.3) is 0 Å². The smallest absolute Gasteiger partial charge is 0.0221 e. The normalized spacial score (nSPS) is 38.1. The zero-order chi connectivity index (χ0) is 10.0. The van der Waals surface area contributed by atoms with Gasteiger partial charge in [-0.1, -0.05) is 6.92 Å². The van der Waals surface area contributed by atoms with Crippen LogP contribution in [0.1, 0.15) is 34.1 Å². The van der Waals surface area contributed by atoms with E-state index < -0.39 is 0 Å². The summed E-state index contributed by atoms with van der Waals surface area (Å²) in [7, 11) is 2.25. The van der Waals surface area contributed by atoms with E-state index in [0.29, 0.717) is 18.1 Å². The van der Waals surface area contributed by atoms with Crippen LogP contribution in [0.4, 0.5) is 0 Å². The van der Waals surface area contributed by atoms with E-state index in [1.54, 1.807) is 0 Å². The minimum Gasteiger partial charge on any atom is -0.298 e. The van der Waals surface area contributed by atoms with Crippen LogP contribution in [-0.4, -0.2) is 48.1 Å². The highest BCUT2D eigenvalue weighted by Gasteiger charge is 2.31. The maximum absolute atomic E-state index is 2.62. The summed E-state index contributed by atoms with van der Waals surface area (Å²) < 4.78 is 0. The van der Waals surface area contributed by atoms with E-state index in [1.807, 2.05) is 0 Å². The van der Waals surface area contributed by atoms with Gasteiger partial charge in [-0.25, -0.2) is 0 Å². The van der Waals surface area contributed by atoms with E-state index in [1.165, 1.54) is 19.5 Å². The minimum absolute atomic E-state index is 0.690. The Bertz CT molecular complexity index is 158. The topological polar surface area (TPSA) is 6.48 Å². The zero-order valence-electron chi connectivity index (χ0n) is 9.75. The second-order valence-corrected chi connectivity index (χ2v) is 4.49. The molecule has 1 aliphatic rings. The van der Waals surface area contributed by atoms with Gasteiger partial charge in [0.1, 0.15) is 0 Å². The first-order valence-electron chi connectivity index (χ1n) is 5.54. The Morgan fingerprint density at radius 1 is 1.15 bits per heavy atom. The summed E-state index contributed by atoms with van der Waals surface area (Å²) in [5.41, 5.74) is 0. The van der Waals surface area contributed by atoms with Gasteiger partial charge in [-0.3, -0.25) is 9.80 Å². The van der Waals surface area contributed by atoms with Crippen LogP contribution in [0.3, 0.4) is 0 Å². The van der Waals surface area contributed by atoms with E-state index in [4.69, 9.17) is 0 Å². The lowest BCUT2D eigenvalue weighted by molar-refractivity contribution is 0.0156. The molecule has 0 aromatic rings. The molecule has 13 heavy (non-hydrogen) atoms. The van der Waals surface area contributed by atoms with Crippen molar-refractivity contribution >= 4 is 0 Å². The monoisotopic (exact) mass is 184 g/mol. The predicted octanol–water partition coefficient (Wildman–Crippen LogP) is 1.81. The third-order valence-corrected chi connectivity index (χ3v) is 3.62. The molecule has 0 radical (unpaired) electrons. The molecule has 1 rings (SSSR count). The molecule has 1 fully saturated rings. The van der Waals surface area contributed by atoms with Gasteiger partial charge >= 0.3 is 0 Å². The van der Waals surface area contributed by atoms with Gasteiger partial charge in [-0.15, -0.1) is 0 Å². The molecule has 0 N–H and O–H groups in total. The summed E-state index contributed by atoms with van der Waals surface area (Å²) >= 11 is 0. The van der Waals surface area contributed by atoms with E-state index in [0.717, 1.165) is 0 Å². The van der Waals surface area contributed by atoms with Crippen molar-refractivity contribution in [2.45, 2.75) is 52.2 Å². The summed E-state index contributed by atoms with van der Waals surface area (Å²) in [6.07, 6.45) is 1.27. The standard InChI is InChI=1S/C11H24N2/c1-6-7-13-8-9(2)12(5)10(3)11(13)4/h9-11H,6-8H2,1-5H3. The van der Waals surface area contributed by atoms with Crippen LogP contribution in [0.5, 0.6) is 0 Å². The van der Waals surface area contributed by atoms with Crippen molar-refractivity contribution in [2.75, 3.05) is 20.1 Å². The summed E-state index contributed by atoms with van der Waals surface area (Å²) in [5, 5.41) is 0. The molecule has 0 aromatic carbocycles. The number of hydrogen-bond acceptors (Lipinski definition) is 2. The van der Waals surface area contributed by atoms with E-state index in [9.17, 15) is 0 Å². The van der Waals surface area contributed by atoms with Crippen molar-refractivity contribution in [1.29, 1.82) is 0 Å². The first-order valence-corrected chi connectivity index (χ1v) is 5.54. The van der Waals surface area contributed by atoms with Gasteiger partial charge in [0.15, 0.2) is 0 Å². The molecule has 0 bridgehead atoms. The van der Waals surface area contributed by atoms with Gasteiger partial charge < -0.3 is 0 Å². The Kier molecular flexibility index (Phi) is 3.74. The van der Waals surface area contributed by atoms with Gasteiger partial charge in [0.2, 0.25) is 0 Å². The van der Waals surface area contributed by atoms with Crippen LogP contribution in [0.15, 0.2) is 0 Å². The van der Waals surface area contributed by atoms with Crippen molar-refractivity contribution in [2.24, 2.45) is 0 Å². The van der Waals surface area contributed by atoms with Crippen LogP contribution in [0.2, 0.25) is 0 Å². The molecule has 3 unspecified atom stereocenters. The first-order chi connectivity index (χ1) is 6.07. The third-order valence-electron chi connectivity index (χ3n) is 3.62. The molecule has 3 atom stereocenters. The van der Waals surface area contributed by atoms with Gasteiger partial charge in [-0.05, 0) is 40.8 Å². The lowest BCUT2D eigenvalue weighted by Crippen LogP contribution is -2.59. The highest BCUT2D eigenvalue weighted by atomic mass is 15.3. The molecular weight excluding hydrogens is 160 g/mol. The molecule has 0 saturated carbocycles. The fourth-order valence-corrected chi connectivity index (χ4v) is 2.26. The first kappa shape index (κ1) is 11.0. The summed E-state index contributed by atoms with van der Waals surface area (Å²) in [6.45, 7) is 11.8. The predicted molar refractivity (Wildman–Crippen MR) is 58.0 cm³/mol. The molecule has 2 heteroatoms. The average molecular weight is 184 g/mol. The van der Waals surface area contributed by atoms with Crippen molar-refractivity contribution < 1.29 is 0 Å². The van der Waals surface area contributed by atoms with Gasteiger partial charge in [0.05, 0.1) is 0 Å². The number of likely N-dealkylation sites (N-methyl/N-ethyl adjacent to an activating group) is 1. The van der Waals surface area contributed by atoms with Gasteiger partial charge in [0, 0.05) is 24.7 Å². The zero-order valence-corrected chi connectivity index (χ0v) is 9.75. The Morgan fingerprint density at radius 2 is 1.77 bits per heavy atom. The lowest BCUT2D eigenvalue weighted by Gasteiger charge is -2.47. The van der Waals surface area contributed by atoms with E-state index in [-0.39, 0.29) is 0 Å². The number of rotatable bonds is 2. The summed E-state index contributed by atoms with van der Waals surface area (Å²) in [4.78, 5) is 5.12. The molecule has 0 aliphatic carbocycles. The fraction of sp³-hybridized carbons (Fsp3) is 1.00. The highest BCUT2D eigenvalue weighted by Crippen LogP contribution is 2.19. The van der Waals surface area contributed by atoms with Crippen LogP contribution in [0.25, 0.3) is 0 Å². The fourth-order valence-electron chi connectivity index (χ4n) is 2.26. The van der Waals surface area contributed by atoms with Crippen molar-refractivity contribution in [3.05, 3.63) is 0 Å². The molecule has 78 valence electrons. The lowest BCUT2D eigenvalue weighted by atomic mass is 10.0. The Balaban J connectivity index is 2.59. The van der Waals surface area contributed by atoms with Gasteiger partial charge in [-0.2, -0.15) is 0 Å². The van der Waals surface area contributed by atoms with Crippen molar-refractivity contribution in [3.8, 4) is 0 Å². The van der Waals surface area contributed by atoms with E-state index >= 15 is 0 Å². The summed E-state index contributed by atoms with van der Waals surface area (Å²) in [6, 6.07) is 2.11. The minimum atomic E-state index is 0.690. The second-order valence-electron chi connectivity index (χ2n) is 4.49. The molecule has 0 spiro atoms. The molecule has 2 nitrogen and oxygen atoms in total. The Hall–Kier alpha value is -0.0800. The van der Waals surface area contributed by atoms with Crippen LogP contribution >= 0.6 is 0 Å². The molecule has 1 saturated heterocycles. The molecule has 0 aromatic heterocycles. The number of hydrogen-bond donors (Lipinski definition) is 0. The van der Waals surface area contributed by atoms with Crippen LogP contribution < -0.4 is 0 Å². The quantitative estimate of drug-likeness (QED) is 0.646. The molecular formula is C11H24N2. The van der Waals surface area contributed by atoms with E-state index in [2.05, 4.69) is 44.5 Å². The summed E-state index contributed by atoms with van der Waals surface area (Å²) in [5.74, 6) is 0. The largest absolute Gasteiger partial charge is 0.298 e. The van der Waals surface area contributed by atoms with Crippen molar-refractivity contribution in [3.63, 3.8) is 0 Å². The molecule has 1 aliphatic heterocycles.